The molecule has 0 aromatic heterocycles. The molecule has 5 heteroatoms. The van der Waals surface area contributed by atoms with Crippen LogP contribution in [0.3, 0.4) is 0 Å². The molecule has 2 N–H and O–H groups in total. The van der Waals surface area contributed by atoms with Gasteiger partial charge in [0.2, 0.25) is 0 Å². The number of alkyl carbamates (subject to hydrolysis) is 1. The van der Waals surface area contributed by atoms with E-state index in [2.05, 4.69) is 5.32 Å². The van der Waals surface area contributed by atoms with Gasteiger partial charge in [0.25, 0.3) is 0 Å². The summed E-state index contributed by atoms with van der Waals surface area (Å²) in [6, 6.07) is -0.814. The molecular formula is C13H21NO4. The zero-order chi connectivity index (χ0) is 13.6. The van der Waals surface area contributed by atoms with Crippen LogP contribution in [0.5, 0.6) is 0 Å². The maximum Gasteiger partial charge on any atom is 0.408 e. The molecule has 2 aliphatic carbocycles. The molecule has 2 fully saturated rings. The summed E-state index contributed by atoms with van der Waals surface area (Å²) >= 11 is 0. The molecule has 0 unspecified atom stereocenters. The van der Waals surface area contributed by atoms with Gasteiger partial charge < -0.3 is 15.2 Å². The number of hydrogen-bond donors (Lipinski definition) is 2. The Balaban J connectivity index is 1.87. The summed E-state index contributed by atoms with van der Waals surface area (Å²) in [5, 5.41) is 11.7. The van der Waals surface area contributed by atoms with Crippen molar-refractivity contribution in [2.45, 2.75) is 58.1 Å². The van der Waals surface area contributed by atoms with Gasteiger partial charge in [-0.25, -0.2) is 9.59 Å². The fourth-order valence-electron chi connectivity index (χ4n) is 2.69. The number of nitrogens with one attached hydrogen (secondary N) is 1. The van der Waals surface area contributed by atoms with Gasteiger partial charge in [0, 0.05) is 0 Å². The molecule has 0 aromatic rings. The second kappa shape index (κ2) is 4.14. The third-order valence-electron chi connectivity index (χ3n) is 3.76. The number of ether oxygens (including phenoxy) is 1. The number of carbonyl (C=O) groups excluding carboxylic acids is 1. The molecule has 0 aromatic carbocycles. The van der Waals surface area contributed by atoms with Crippen LogP contribution < -0.4 is 5.32 Å². The van der Waals surface area contributed by atoms with Crippen LogP contribution >= 0.6 is 0 Å². The average molecular weight is 255 g/mol. The van der Waals surface area contributed by atoms with Crippen LogP contribution in [0.4, 0.5) is 4.79 Å². The van der Waals surface area contributed by atoms with Gasteiger partial charge in [-0.2, -0.15) is 0 Å². The van der Waals surface area contributed by atoms with Crippen LogP contribution in [0.1, 0.15) is 46.5 Å². The normalized spacial score (nSPS) is 23.1. The summed E-state index contributed by atoms with van der Waals surface area (Å²) in [6.45, 7) is 5.26. The second-order valence-electron chi connectivity index (χ2n) is 6.63. The number of carboxylic acid groups (broad SMARTS) is 1. The highest BCUT2D eigenvalue weighted by molar-refractivity contribution is 5.80. The molecule has 1 atom stereocenters. The molecule has 2 rings (SSSR count). The Labute approximate surface area is 107 Å². The molecule has 1 spiro atoms. The van der Waals surface area contributed by atoms with Crippen LogP contribution in [0.2, 0.25) is 0 Å². The largest absolute Gasteiger partial charge is 0.480 e. The minimum absolute atomic E-state index is 0.0533. The number of rotatable bonds is 3. The lowest BCUT2D eigenvalue weighted by molar-refractivity contribution is -0.142. The molecule has 0 bridgehead atoms. The highest BCUT2D eigenvalue weighted by Gasteiger charge is 2.56. The third kappa shape index (κ3) is 2.94. The van der Waals surface area contributed by atoms with Gasteiger partial charge in [-0.15, -0.1) is 0 Å². The Hall–Kier alpha value is -1.26. The topological polar surface area (TPSA) is 75.6 Å². The number of aliphatic carboxylic acids is 1. The Morgan fingerprint density at radius 2 is 1.89 bits per heavy atom. The predicted molar refractivity (Wildman–Crippen MR) is 65.2 cm³/mol. The highest BCUT2D eigenvalue weighted by Crippen LogP contribution is 2.63. The van der Waals surface area contributed by atoms with Gasteiger partial charge in [-0.05, 0) is 57.8 Å². The summed E-state index contributed by atoms with van der Waals surface area (Å²) < 4.78 is 5.09. The first kappa shape index (κ1) is 13.2. The van der Waals surface area contributed by atoms with Crippen molar-refractivity contribution < 1.29 is 19.4 Å². The van der Waals surface area contributed by atoms with Gasteiger partial charge in [0.05, 0.1) is 0 Å². The van der Waals surface area contributed by atoms with E-state index in [0.29, 0.717) is 5.41 Å². The van der Waals surface area contributed by atoms with Crippen molar-refractivity contribution in [3.63, 3.8) is 0 Å². The lowest BCUT2D eigenvalue weighted by atomic mass is 9.68. The van der Waals surface area contributed by atoms with Crippen molar-refractivity contribution in [2.75, 3.05) is 0 Å². The van der Waals surface area contributed by atoms with Crippen LogP contribution in [-0.2, 0) is 9.53 Å². The summed E-state index contributed by atoms with van der Waals surface area (Å²) in [5.41, 5.74) is -0.182. The number of hydrogen-bond acceptors (Lipinski definition) is 3. The van der Waals surface area contributed by atoms with E-state index in [4.69, 9.17) is 4.74 Å². The number of carbonyl (C=O) groups is 2. The van der Waals surface area contributed by atoms with Crippen LogP contribution in [-0.4, -0.2) is 28.8 Å². The fourth-order valence-corrected chi connectivity index (χ4v) is 2.69. The molecular weight excluding hydrogens is 234 g/mol. The van der Waals surface area contributed by atoms with Crippen molar-refractivity contribution in [3.8, 4) is 0 Å². The molecule has 0 saturated heterocycles. The van der Waals surface area contributed by atoms with E-state index in [-0.39, 0.29) is 5.92 Å². The average Bonchev–Trinajstić information content (AvgIpc) is 2.87. The molecule has 1 amide bonds. The fraction of sp³-hybridized carbons (Fsp3) is 0.846. The van der Waals surface area contributed by atoms with Crippen molar-refractivity contribution in [3.05, 3.63) is 0 Å². The van der Waals surface area contributed by atoms with Crippen molar-refractivity contribution in [1.82, 2.24) is 5.32 Å². The van der Waals surface area contributed by atoms with Crippen molar-refractivity contribution in [1.29, 1.82) is 0 Å². The minimum Gasteiger partial charge on any atom is -0.480 e. The Morgan fingerprint density at radius 1 is 1.33 bits per heavy atom. The lowest BCUT2D eigenvalue weighted by Gasteiger charge is -2.39. The molecule has 0 radical (unpaired) electrons. The van der Waals surface area contributed by atoms with Gasteiger partial charge in [-0.3, -0.25) is 0 Å². The van der Waals surface area contributed by atoms with E-state index in [0.717, 1.165) is 12.8 Å². The van der Waals surface area contributed by atoms with Crippen molar-refractivity contribution in [2.24, 2.45) is 11.3 Å². The minimum atomic E-state index is -0.971. The van der Waals surface area contributed by atoms with Crippen LogP contribution in [0.15, 0.2) is 0 Å². The Kier molecular flexibility index (Phi) is 3.03. The van der Waals surface area contributed by atoms with E-state index < -0.39 is 23.7 Å². The molecule has 5 nitrogen and oxygen atoms in total. The molecule has 0 aliphatic heterocycles. The van der Waals surface area contributed by atoms with Gasteiger partial charge in [0.1, 0.15) is 11.6 Å². The summed E-state index contributed by atoms with van der Waals surface area (Å²) in [5.74, 6) is -0.918. The molecule has 18 heavy (non-hydrogen) atoms. The van der Waals surface area contributed by atoms with Gasteiger partial charge in [-0.1, -0.05) is 0 Å². The van der Waals surface area contributed by atoms with Crippen molar-refractivity contribution >= 4 is 12.1 Å². The van der Waals surface area contributed by atoms with Crippen LogP contribution in [0, 0.1) is 11.3 Å². The molecule has 2 aliphatic rings. The van der Waals surface area contributed by atoms with E-state index in [1.807, 2.05) is 0 Å². The number of amides is 1. The SMILES string of the molecule is CC(C)(C)OC(=O)N[C@@H](C(=O)O)C1CC2(CC2)C1. The maximum absolute atomic E-state index is 11.6. The second-order valence-corrected chi connectivity index (χ2v) is 6.63. The first-order chi connectivity index (χ1) is 8.21. The smallest absolute Gasteiger partial charge is 0.408 e. The monoisotopic (exact) mass is 255 g/mol. The van der Waals surface area contributed by atoms with E-state index in [9.17, 15) is 14.7 Å². The zero-order valence-corrected chi connectivity index (χ0v) is 11.2. The first-order valence-corrected chi connectivity index (χ1v) is 6.43. The summed E-state index contributed by atoms with van der Waals surface area (Å²) in [6.07, 6.45) is 3.61. The summed E-state index contributed by atoms with van der Waals surface area (Å²) in [4.78, 5) is 22.8. The Bertz CT molecular complexity index is 360. The number of carboxylic acids is 1. The van der Waals surface area contributed by atoms with E-state index in [1.54, 1.807) is 20.8 Å². The molecule has 102 valence electrons. The van der Waals surface area contributed by atoms with E-state index >= 15 is 0 Å². The van der Waals surface area contributed by atoms with E-state index in [1.165, 1.54) is 12.8 Å². The highest BCUT2D eigenvalue weighted by atomic mass is 16.6. The Morgan fingerprint density at radius 3 is 2.28 bits per heavy atom. The zero-order valence-electron chi connectivity index (χ0n) is 11.2. The standard InChI is InChI=1S/C13H21NO4/c1-12(2,3)18-11(17)14-9(10(15)16)8-6-13(7-8)4-5-13/h8-9H,4-7H2,1-3H3,(H,14,17)(H,15,16)/t9-/m1/s1. The quantitative estimate of drug-likeness (QED) is 0.810. The third-order valence-corrected chi connectivity index (χ3v) is 3.76. The predicted octanol–water partition coefficient (Wildman–Crippen LogP) is 2.15. The lowest BCUT2D eigenvalue weighted by Crippen LogP contribution is -2.51. The first-order valence-electron chi connectivity index (χ1n) is 6.43. The van der Waals surface area contributed by atoms with Gasteiger partial charge in [0.15, 0.2) is 0 Å². The maximum atomic E-state index is 11.6. The molecule has 2 saturated carbocycles. The van der Waals surface area contributed by atoms with Crippen LogP contribution in [0.25, 0.3) is 0 Å². The molecule has 0 heterocycles. The summed E-state index contributed by atoms with van der Waals surface area (Å²) in [7, 11) is 0. The van der Waals surface area contributed by atoms with Gasteiger partial charge >= 0.3 is 12.1 Å².